The van der Waals surface area contributed by atoms with Gasteiger partial charge in [0, 0.05) is 18.2 Å². The molecule has 0 bridgehead atoms. The summed E-state index contributed by atoms with van der Waals surface area (Å²) in [4.78, 5) is 0. The Kier molecular flexibility index (Phi) is 7.57. The molecule has 4 heteroatoms. The third kappa shape index (κ3) is 5.58. The van der Waals surface area contributed by atoms with Gasteiger partial charge >= 0.3 is 0 Å². The van der Waals surface area contributed by atoms with Crippen LogP contribution in [0.5, 0.6) is 0 Å². The van der Waals surface area contributed by atoms with Crippen molar-refractivity contribution in [2.24, 2.45) is 0 Å². The third-order valence-corrected chi connectivity index (χ3v) is 2.70. The van der Waals surface area contributed by atoms with Crippen LogP contribution in [0.2, 0.25) is 0 Å². The maximum absolute atomic E-state index is 13.3. The Labute approximate surface area is 108 Å². The molecule has 0 saturated heterocycles. The first kappa shape index (κ1) is 15.1. The first-order chi connectivity index (χ1) is 8.77. The van der Waals surface area contributed by atoms with Crippen LogP contribution >= 0.6 is 0 Å². The first-order valence-electron chi connectivity index (χ1n) is 6.43. The summed E-state index contributed by atoms with van der Waals surface area (Å²) >= 11 is 0. The van der Waals surface area contributed by atoms with Crippen molar-refractivity contribution in [1.82, 2.24) is 5.32 Å². The Morgan fingerprint density at radius 3 is 2.83 bits per heavy atom. The van der Waals surface area contributed by atoms with E-state index in [1.54, 1.807) is 18.2 Å². The highest BCUT2D eigenvalue weighted by atomic mass is 19.1. The second-order valence-corrected chi connectivity index (χ2v) is 4.27. The number of nitrogens with one attached hydrogen (secondary N) is 1. The Morgan fingerprint density at radius 2 is 2.17 bits per heavy atom. The number of aliphatic hydroxyl groups is 1. The molecule has 0 amide bonds. The van der Waals surface area contributed by atoms with Gasteiger partial charge in [-0.3, -0.25) is 0 Å². The lowest BCUT2D eigenvalue weighted by molar-refractivity contribution is 0.0883. The lowest BCUT2D eigenvalue weighted by Gasteiger charge is -2.17. The number of rotatable bonds is 9. The van der Waals surface area contributed by atoms with Crippen LogP contribution in [0.3, 0.4) is 0 Å². The number of hydrogen-bond donors (Lipinski definition) is 2. The van der Waals surface area contributed by atoms with Gasteiger partial charge in [0.2, 0.25) is 0 Å². The van der Waals surface area contributed by atoms with Crippen LogP contribution in [0.25, 0.3) is 0 Å². The molecule has 3 nitrogen and oxygen atoms in total. The normalized spacial score (nSPS) is 12.6. The van der Waals surface area contributed by atoms with Gasteiger partial charge in [0.25, 0.3) is 0 Å². The van der Waals surface area contributed by atoms with Crippen LogP contribution in [0, 0.1) is 5.82 Å². The lowest BCUT2D eigenvalue weighted by atomic mass is 10.2. The van der Waals surface area contributed by atoms with Crippen LogP contribution in [0.1, 0.15) is 25.3 Å². The molecular weight excluding hydrogens is 233 g/mol. The first-order valence-corrected chi connectivity index (χ1v) is 6.43. The fraction of sp³-hybridized carbons (Fsp3) is 0.571. The average Bonchev–Trinajstić information content (AvgIpc) is 2.38. The van der Waals surface area contributed by atoms with Crippen LogP contribution in [0.15, 0.2) is 24.3 Å². The van der Waals surface area contributed by atoms with E-state index in [-0.39, 0.29) is 25.1 Å². The summed E-state index contributed by atoms with van der Waals surface area (Å²) < 4.78 is 18.8. The van der Waals surface area contributed by atoms with Crippen molar-refractivity contribution in [2.45, 2.75) is 32.4 Å². The largest absolute Gasteiger partial charge is 0.396 e. The zero-order valence-electron chi connectivity index (χ0n) is 10.9. The monoisotopic (exact) mass is 255 g/mol. The van der Waals surface area contributed by atoms with Crippen LogP contribution < -0.4 is 5.32 Å². The maximum Gasteiger partial charge on any atom is 0.128 e. The molecule has 1 unspecified atom stereocenters. The lowest BCUT2D eigenvalue weighted by Crippen LogP contribution is -2.34. The predicted octanol–water partition coefficient (Wildman–Crippen LogP) is 2.09. The molecular formula is C14H22FNO2. The van der Waals surface area contributed by atoms with Gasteiger partial charge in [0.05, 0.1) is 13.2 Å². The van der Waals surface area contributed by atoms with Gasteiger partial charge in [-0.25, -0.2) is 4.39 Å². The quantitative estimate of drug-likeness (QED) is 0.710. The van der Waals surface area contributed by atoms with E-state index >= 15 is 0 Å². The van der Waals surface area contributed by atoms with E-state index < -0.39 is 0 Å². The molecule has 0 heterocycles. The van der Waals surface area contributed by atoms with Crippen molar-refractivity contribution >= 4 is 0 Å². The van der Waals surface area contributed by atoms with Crippen molar-refractivity contribution in [2.75, 3.05) is 19.8 Å². The maximum atomic E-state index is 13.3. The fourth-order valence-electron chi connectivity index (χ4n) is 1.68. The Balaban J connectivity index is 2.31. The SMILES string of the molecule is CCCNC(CCO)COCc1ccccc1F. The second kappa shape index (κ2) is 9.03. The Hall–Kier alpha value is -0.970. The van der Waals surface area contributed by atoms with Gasteiger partial charge in [0.15, 0.2) is 0 Å². The van der Waals surface area contributed by atoms with E-state index in [1.807, 2.05) is 0 Å². The minimum absolute atomic E-state index is 0.127. The van der Waals surface area contributed by atoms with Crippen molar-refractivity contribution in [3.05, 3.63) is 35.6 Å². The van der Waals surface area contributed by atoms with Crippen LogP contribution in [-0.4, -0.2) is 30.9 Å². The van der Waals surface area contributed by atoms with Gasteiger partial charge in [-0.15, -0.1) is 0 Å². The van der Waals surface area contributed by atoms with E-state index in [4.69, 9.17) is 9.84 Å². The predicted molar refractivity (Wildman–Crippen MR) is 69.8 cm³/mol. The summed E-state index contributed by atoms with van der Waals surface area (Å²) in [7, 11) is 0. The molecule has 1 aromatic carbocycles. The molecule has 0 saturated carbocycles. The number of ether oxygens (including phenoxy) is 1. The molecule has 1 atom stereocenters. The fourth-order valence-corrected chi connectivity index (χ4v) is 1.68. The van der Waals surface area contributed by atoms with E-state index in [1.165, 1.54) is 6.07 Å². The Morgan fingerprint density at radius 1 is 1.39 bits per heavy atom. The molecule has 0 radical (unpaired) electrons. The molecule has 0 aliphatic rings. The van der Waals surface area contributed by atoms with Crippen molar-refractivity contribution < 1.29 is 14.2 Å². The zero-order chi connectivity index (χ0) is 13.2. The van der Waals surface area contributed by atoms with Crippen molar-refractivity contribution in [3.8, 4) is 0 Å². The molecule has 0 fully saturated rings. The van der Waals surface area contributed by atoms with Gasteiger partial charge < -0.3 is 15.2 Å². The smallest absolute Gasteiger partial charge is 0.128 e. The highest BCUT2D eigenvalue weighted by Crippen LogP contribution is 2.08. The van der Waals surface area contributed by atoms with Gasteiger partial charge in [0.1, 0.15) is 5.82 Å². The number of benzene rings is 1. The summed E-state index contributed by atoms with van der Waals surface area (Å²) in [6.45, 7) is 3.86. The van der Waals surface area contributed by atoms with E-state index in [2.05, 4.69) is 12.2 Å². The highest BCUT2D eigenvalue weighted by molar-refractivity contribution is 5.16. The molecule has 0 spiro atoms. The highest BCUT2D eigenvalue weighted by Gasteiger charge is 2.08. The molecule has 0 aromatic heterocycles. The van der Waals surface area contributed by atoms with Crippen LogP contribution in [0.4, 0.5) is 4.39 Å². The minimum atomic E-state index is -0.238. The molecule has 2 N–H and O–H groups in total. The van der Waals surface area contributed by atoms with E-state index in [0.29, 0.717) is 18.6 Å². The molecule has 102 valence electrons. The summed E-state index contributed by atoms with van der Waals surface area (Å²) in [5.41, 5.74) is 0.565. The molecule has 0 aliphatic carbocycles. The Bertz CT molecular complexity index is 333. The molecule has 0 aliphatic heterocycles. The van der Waals surface area contributed by atoms with E-state index in [9.17, 15) is 4.39 Å². The van der Waals surface area contributed by atoms with Crippen molar-refractivity contribution in [3.63, 3.8) is 0 Å². The molecule has 18 heavy (non-hydrogen) atoms. The summed E-state index contributed by atoms with van der Waals surface area (Å²) in [5.74, 6) is -0.238. The minimum Gasteiger partial charge on any atom is -0.396 e. The third-order valence-electron chi connectivity index (χ3n) is 2.70. The van der Waals surface area contributed by atoms with E-state index in [0.717, 1.165) is 13.0 Å². The number of hydrogen-bond acceptors (Lipinski definition) is 3. The molecule has 1 rings (SSSR count). The topological polar surface area (TPSA) is 41.5 Å². The van der Waals surface area contributed by atoms with Gasteiger partial charge in [-0.05, 0) is 25.5 Å². The average molecular weight is 255 g/mol. The standard InChI is InChI=1S/C14H22FNO2/c1-2-8-16-13(7-9-17)11-18-10-12-5-3-4-6-14(12)15/h3-6,13,16-17H,2,7-11H2,1H3. The zero-order valence-corrected chi connectivity index (χ0v) is 10.9. The second-order valence-electron chi connectivity index (χ2n) is 4.27. The van der Waals surface area contributed by atoms with Crippen molar-refractivity contribution in [1.29, 1.82) is 0 Å². The summed E-state index contributed by atoms with van der Waals surface area (Å²) in [5, 5.41) is 12.2. The summed E-state index contributed by atoms with van der Waals surface area (Å²) in [6.07, 6.45) is 1.69. The number of halogens is 1. The van der Waals surface area contributed by atoms with Crippen LogP contribution in [-0.2, 0) is 11.3 Å². The van der Waals surface area contributed by atoms with Gasteiger partial charge in [-0.2, -0.15) is 0 Å². The molecule has 1 aromatic rings. The summed E-state index contributed by atoms with van der Waals surface area (Å²) in [6, 6.07) is 6.73. The number of aliphatic hydroxyl groups excluding tert-OH is 1. The van der Waals surface area contributed by atoms with Gasteiger partial charge in [-0.1, -0.05) is 25.1 Å².